The standard InChI is InChI=1S/C15H24FN3/c1-4-7-19(14-5-6-14)15-12(9-17-11(2)3)8-13(16)10-18-15/h8,10-11,14,17H,4-7,9H2,1-3H3. The van der Waals surface area contributed by atoms with Crippen LogP contribution in [0.1, 0.15) is 45.6 Å². The average Bonchev–Trinajstić information content (AvgIpc) is 3.18. The molecule has 1 aromatic rings. The summed E-state index contributed by atoms with van der Waals surface area (Å²) in [6.07, 6.45) is 4.89. The van der Waals surface area contributed by atoms with E-state index in [1.807, 2.05) is 0 Å². The molecule has 2 rings (SSSR count). The van der Waals surface area contributed by atoms with Crippen LogP contribution in [-0.4, -0.2) is 23.6 Å². The third-order valence-corrected chi connectivity index (χ3v) is 3.33. The SMILES string of the molecule is CCCN(c1ncc(F)cc1CNC(C)C)C1CC1. The largest absolute Gasteiger partial charge is 0.353 e. The van der Waals surface area contributed by atoms with Crippen LogP contribution in [0.2, 0.25) is 0 Å². The van der Waals surface area contributed by atoms with Gasteiger partial charge in [-0.25, -0.2) is 9.37 Å². The van der Waals surface area contributed by atoms with E-state index in [-0.39, 0.29) is 5.82 Å². The number of aromatic nitrogens is 1. The van der Waals surface area contributed by atoms with Crippen LogP contribution in [-0.2, 0) is 6.54 Å². The first-order valence-corrected chi connectivity index (χ1v) is 7.26. The van der Waals surface area contributed by atoms with E-state index >= 15 is 0 Å². The summed E-state index contributed by atoms with van der Waals surface area (Å²) < 4.78 is 13.4. The van der Waals surface area contributed by atoms with Crippen molar-refractivity contribution in [2.24, 2.45) is 0 Å². The fourth-order valence-corrected chi connectivity index (χ4v) is 2.27. The zero-order valence-electron chi connectivity index (χ0n) is 12.1. The summed E-state index contributed by atoms with van der Waals surface area (Å²) in [5, 5.41) is 3.35. The molecule has 1 aromatic heterocycles. The molecule has 0 saturated heterocycles. The van der Waals surface area contributed by atoms with Crippen molar-refractivity contribution in [2.75, 3.05) is 11.4 Å². The quantitative estimate of drug-likeness (QED) is 0.821. The van der Waals surface area contributed by atoms with Gasteiger partial charge in [-0.1, -0.05) is 20.8 Å². The van der Waals surface area contributed by atoms with Crippen LogP contribution in [0.5, 0.6) is 0 Å². The van der Waals surface area contributed by atoms with Gasteiger partial charge in [-0.2, -0.15) is 0 Å². The normalized spacial score (nSPS) is 15.0. The molecule has 1 fully saturated rings. The highest BCUT2D eigenvalue weighted by Crippen LogP contribution is 2.32. The summed E-state index contributed by atoms with van der Waals surface area (Å²) in [6, 6.07) is 2.61. The predicted molar refractivity (Wildman–Crippen MR) is 76.8 cm³/mol. The maximum atomic E-state index is 13.4. The molecule has 0 atom stereocenters. The van der Waals surface area contributed by atoms with E-state index in [0.29, 0.717) is 18.6 Å². The Morgan fingerprint density at radius 1 is 1.47 bits per heavy atom. The number of hydrogen-bond donors (Lipinski definition) is 1. The van der Waals surface area contributed by atoms with Crippen molar-refractivity contribution in [1.82, 2.24) is 10.3 Å². The van der Waals surface area contributed by atoms with Crippen LogP contribution in [0.15, 0.2) is 12.3 Å². The Balaban J connectivity index is 2.21. The lowest BCUT2D eigenvalue weighted by Crippen LogP contribution is -2.30. The first-order chi connectivity index (χ1) is 9.11. The van der Waals surface area contributed by atoms with Gasteiger partial charge in [0.15, 0.2) is 0 Å². The minimum atomic E-state index is -0.253. The molecule has 1 aliphatic carbocycles. The van der Waals surface area contributed by atoms with Gasteiger partial charge in [0.05, 0.1) is 6.20 Å². The minimum absolute atomic E-state index is 0.253. The Kier molecular flexibility index (Phi) is 4.75. The van der Waals surface area contributed by atoms with Gasteiger partial charge in [-0.3, -0.25) is 0 Å². The Morgan fingerprint density at radius 2 is 2.21 bits per heavy atom. The van der Waals surface area contributed by atoms with Crippen LogP contribution in [0.3, 0.4) is 0 Å². The van der Waals surface area contributed by atoms with Gasteiger partial charge >= 0.3 is 0 Å². The van der Waals surface area contributed by atoms with E-state index in [2.05, 4.69) is 36.0 Å². The highest BCUT2D eigenvalue weighted by Gasteiger charge is 2.30. The Bertz CT molecular complexity index is 416. The second-order valence-electron chi connectivity index (χ2n) is 5.60. The van der Waals surface area contributed by atoms with Crippen LogP contribution in [0.4, 0.5) is 10.2 Å². The summed E-state index contributed by atoms with van der Waals surface area (Å²) in [6.45, 7) is 8.03. The molecule has 0 amide bonds. The number of halogens is 1. The molecule has 1 saturated carbocycles. The molecule has 0 radical (unpaired) electrons. The molecule has 106 valence electrons. The molecule has 0 aliphatic heterocycles. The van der Waals surface area contributed by atoms with Crippen molar-refractivity contribution in [3.8, 4) is 0 Å². The van der Waals surface area contributed by atoms with E-state index in [4.69, 9.17) is 0 Å². The number of hydrogen-bond acceptors (Lipinski definition) is 3. The van der Waals surface area contributed by atoms with E-state index < -0.39 is 0 Å². The van der Waals surface area contributed by atoms with Crippen molar-refractivity contribution in [1.29, 1.82) is 0 Å². The number of pyridine rings is 1. The van der Waals surface area contributed by atoms with Crippen LogP contribution in [0, 0.1) is 5.82 Å². The topological polar surface area (TPSA) is 28.2 Å². The smallest absolute Gasteiger partial charge is 0.141 e. The van der Waals surface area contributed by atoms with Gasteiger partial charge in [0.1, 0.15) is 11.6 Å². The van der Waals surface area contributed by atoms with Gasteiger partial charge in [0.2, 0.25) is 0 Å². The molecule has 0 unspecified atom stereocenters. The third kappa shape index (κ3) is 3.90. The molecule has 0 spiro atoms. The second kappa shape index (κ2) is 6.33. The highest BCUT2D eigenvalue weighted by molar-refractivity contribution is 5.49. The number of rotatable bonds is 7. The van der Waals surface area contributed by atoms with E-state index in [9.17, 15) is 4.39 Å². The maximum absolute atomic E-state index is 13.4. The monoisotopic (exact) mass is 265 g/mol. The Labute approximate surface area is 115 Å². The van der Waals surface area contributed by atoms with E-state index in [1.165, 1.54) is 19.0 Å². The van der Waals surface area contributed by atoms with Crippen molar-refractivity contribution in [3.63, 3.8) is 0 Å². The lowest BCUT2D eigenvalue weighted by Gasteiger charge is -2.25. The number of nitrogens with one attached hydrogen (secondary N) is 1. The third-order valence-electron chi connectivity index (χ3n) is 3.33. The van der Waals surface area contributed by atoms with Gasteiger partial charge < -0.3 is 10.2 Å². The van der Waals surface area contributed by atoms with E-state index in [1.54, 1.807) is 6.07 Å². The van der Waals surface area contributed by atoms with Crippen LogP contribution >= 0.6 is 0 Å². The summed E-state index contributed by atoms with van der Waals surface area (Å²) >= 11 is 0. The number of nitrogens with zero attached hydrogens (tertiary/aromatic N) is 2. The van der Waals surface area contributed by atoms with Crippen LogP contribution < -0.4 is 10.2 Å². The first kappa shape index (κ1) is 14.3. The summed E-state index contributed by atoms with van der Waals surface area (Å²) in [7, 11) is 0. The average molecular weight is 265 g/mol. The van der Waals surface area contributed by atoms with Crippen molar-refractivity contribution < 1.29 is 4.39 Å². The molecule has 1 N–H and O–H groups in total. The Morgan fingerprint density at radius 3 is 2.79 bits per heavy atom. The summed E-state index contributed by atoms with van der Waals surface area (Å²) in [5.41, 5.74) is 0.967. The van der Waals surface area contributed by atoms with E-state index in [0.717, 1.165) is 24.3 Å². The second-order valence-corrected chi connectivity index (χ2v) is 5.60. The fourth-order valence-electron chi connectivity index (χ4n) is 2.27. The highest BCUT2D eigenvalue weighted by atomic mass is 19.1. The van der Waals surface area contributed by atoms with Crippen molar-refractivity contribution in [2.45, 2.75) is 58.7 Å². The molecule has 0 bridgehead atoms. The maximum Gasteiger partial charge on any atom is 0.141 e. The molecule has 1 aliphatic rings. The molecule has 3 nitrogen and oxygen atoms in total. The molecule has 1 heterocycles. The fraction of sp³-hybridized carbons (Fsp3) is 0.667. The first-order valence-electron chi connectivity index (χ1n) is 7.26. The van der Waals surface area contributed by atoms with Crippen molar-refractivity contribution >= 4 is 5.82 Å². The lowest BCUT2D eigenvalue weighted by molar-refractivity contribution is 0.575. The van der Waals surface area contributed by atoms with Gasteiger partial charge in [0, 0.05) is 30.7 Å². The molecule has 0 aromatic carbocycles. The number of anilines is 1. The van der Waals surface area contributed by atoms with Gasteiger partial charge in [0.25, 0.3) is 0 Å². The molecule has 4 heteroatoms. The summed E-state index contributed by atoms with van der Waals surface area (Å²) in [5.74, 6) is 0.704. The van der Waals surface area contributed by atoms with Crippen molar-refractivity contribution in [3.05, 3.63) is 23.6 Å². The molecular formula is C15H24FN3. The van der Waals surface area contributed by atoms with Gasteiger partial charge in [-0.15, -0.1) is 0 Å². The minimum Gasteiger partial charge on any atom is -0.353 e. The summed E-state index contributed by atoms with van der Waals surface area (Å²) in [4.78, 5) is 6.69. The van der Waals surface area contributed by atoms with Gasteiger partial charge in [-0.05, 0) is 25.3 Å². The molecular weight excluding hydrogens is 241 g/mol. The predicted octanol–water partition coefficient (Wildman–Crippen LogP) is 3.10. The zero-order valence-corrected chi connectivity index (χ0v) is 12.1. The zero-order chi connectivity index (χ0) is 13.8. The van der Waals surface area contributed by atoms with Crippen LogP contribution in [0.25, 0.3) is 0 Å². The molecule has 19 heavy (non-hydrogen) atoms. The Hall–Kier alpha value is -1.16. The lowest BCUT2D eigenvalue weighted by atomic mass is 10.2.